The summed E-state index contributed by atoms with van der Waals surface area (Å²) < 4.78 is 0. The first kappa shape index (κ1) is 13.9. The van der Waals surface area contributed by atoms with Crippen molar-refractivity contribution in [2.45, 2.75) is 40.0 Å². The Balaban J connectivity index is 2.33. The van der Waals surface area contributed by atoms with Crippen LogP contribution in [0.3, 0.4) is 0 Å². The van der Waals surface area contributed by atoms with Crippen LogP contribution in [0.25, 0.3) is 11.1 Å². The largest absolute Gasteiger partial charge is 0.402 e. The molecular formula is C20H23N. The van der Waals surface area contributed by atoms with E-state index < -0.39 is 0 Å². The van der Waals surface area contributed by atoms with Crippen LogP contribution in [-0.2, 0) is 6.42 Å². The van der Waals surface area contributed by atoms with E-state index in [0.717, 1.165) is 12.1 Å². The molecule has 1 nitrogen and oxygen atoms in total. The second kappa shape index (κ2) is 5.07. The van der Waals surface area contributed by atoms with E-state index in [0.29, 0.717) is 5.92 Å². The second-order valence-corrected chi connectivity index (χ2v) is 6.14. The molecule has 2 N–H and O–H groups in total. The van der Waals surface area contributed by atoms with Gasteiger partial charge in [0.25, 0.3) is 0 Å². The molecule has 1 atom stereocenters. The van der Waals surface area contributed by atoms with Crippen molar-refractivity contribution in [1.82, 2.24) is 0 Å². The zero-order valence-electron chi connectivity index (χ0n) is 13.3. The SMILES string of the molecule is Cc1c(C)c(-c2ccccc2)c(C)c2c1CC=C(N)C2C. The van der Waals surface area contributed by atoms with Crippen molar-refractivity contribution in [2.24, 2.45) is 5.73 Å². The number of hydrogen-bond donors (Lipinski definition) is 1. The molecule has 21 heavy (non-hydrogen) atoms. The van der Waals surface area contributed by atoms with Crippen molar-refractivity contribution in [3.8, 4) is 11.1 Å². The first-order chi connectivity index (χ1) is 10.0. The molecule has 0 radical (unpaired) electrons. The molecule has 1 heteroatoms. The third-order valence-electron chi connectivity index (χ3n) is 5.03. The summed E-state index contributed by atoms with van der Waals surface area (Å²) in [6, 6.07) is 10.7. The summed E-state index contributed by atoms with van der Waals surface area (Å²) in [5.41, 5.74) is 17.0. The summed E-state index contributed by atoms with van der Waals surface area (Å²) in [5, 5.41) is 0. The average molecular weight is 277 g/mol. The lowest BCUT2D eigenvalue weighted by Crippen LogP contribution is -2.18. The van der Waals surface area contributed by atoms with E-state index in [9.17, 15) is 0 Å². The molecule has 2 aromatic rings. The number of rotatable bonds is 1. The van der Waals surface area contributed by atoms with Crippen LogP contribution in [-0.4, -0.2) is 0 Å². The van der Waals surface area contributed by atoms with Crippen LogP contribution < -0.4 is 5.73 Å². The Labute approximate surface area is 127 Å². The number of allylic oxidation sites excluding steroid dienone is 2. The molecule has 0 heterocycles. The third kappa shape index (κ3) is 2.08. The molecule has 1 unspecified atom stereocenters. The zero-order valence-corrected chi connectivity index (χ0v) is 13.3. The monoisotopic (exact) mass is 277 g/mol. The second-order valence-electron chi connectivity index (χ2n) is 6.14. The van der Waals surface area contributed by atoms with Gasteiger partial charge in [0.05, 0.1) is 0 Å². The molecule has 108 valence electrons. The van der Waals surface area contributed by atoms with Gasteiger partial charge in [-0.15, -0.1) is 0 Å². The number of benzene rings is 2. The topological polar surface area (TPSA) is 26.0 Å². The average Bonchev–Trinajstić information content (AvgIpc) is 2.49. The summed E-state index contributed by atoms with van der Waals surface area (Å²) >= 11 is 0. The fourth-order valence-electron chi connectivity index (χ4n) is 3.71. The van der Waals surface area contributed by atoms with Crippen molar-refractivity contribution >= 4 is 0 Å². The maximum Gasteiger partial charge on any atom is 0.0210 e. The van der Waals surface area contributed by atoms with Crippen molar-refractivity contribution in [3.63, 3.8) is 0 Å². The molecule has 0 saturated heterocycles. The van der Waals surface area contributed by atoms with Gasteiger partial charge in [-0.05, 0) is 66.1 Å². The lowest BCUT2D eigenvalue weighted by atomic mass is 9.77. The highest BCUT2D eigenvalue weighted by molar-refractivity contribution is 5.75. The number of hydrogen-bond acceptors (Lipinski definition) is 1. The Kier molecular flexibility index (Phi) is 3.36. The van der Waals surface area contributed by atoms with Gasteiger partial charge in [0.2, 0.25) is 0 Å². The van der Waals surface area contributed by atoms with Gasteiger partial charge in [0.1, 0.15) is 0 Å². The van der Waals surface area contributed by atoms with Crippen molar-refractivity contribution in [3.05, 3.63) is 69.9 Å². The standard InChI is InChI=1S/C20H23N/c1-12-13(2)19(16-8-6-5-7-9-16)15(4)20-14(3)18(21)11-10-17(12)20/h5-9,11,14H,10,21H2,1-4H3. The van der Waals surface area contributed by atoms with E-state index in [1.807, 2.05) is 0 Å². The molecule has 0 aliphatic heterocycles. The molecule has 0 aromatic heterocycles. The molecule has 0 bridgehead atoms. The normalized spacial score (nSPS) is 17.3. The Morgan fingerprint density at radius 1 is 0.952 bits per heavy atom. The minimum atomic E-state index is 0.315. The maximum atomic E-state index is 6.20. The summed E-state index contributed by atoms with van der Waals surface area (Å²) in [6.45, 7) is 8.97. The molecule has 1 aliphatic rings. The molecule has 0 saturated carbocycles. The van der Waals surface area contributed by atoms with E-state index in [-0.39, 0.29) is 0 Å². The van der Waals surface area contributed by atoms with E-state index >= 15 is 0 Å². The van der Waals surface area contributed by atoms with Gasteiger partial charge in [-0.25, -0.2) is 0 Å². The Morgan fingerprint density at radius 3 is 2.29 bits per heavy atom. The molecule has 0 amide bonds. The van der Waals surface area contributed by atoms with Crippen molar-refractivity contribution < 1.29 is 0 Å². The van der Waals surface area contributed by atoms with Crippen LogP contribution in [0.15, 0.2) is 42.1 Å². The fraction of sp³-hybridized carbons (Fsp3) is 0.300. The van der Waals surface area contributed by atoms with Gasteiger partial charge >= 0.3 is 0 Å². The lowest BCUT2D eigenvalue weighted by Gasteiger charge is -2.29. The Hall–Kier alpha value is -2.02. The molecule has 1 aliphatic carbocycles. The summed E-state index contributed by atoms with van der Waals surface area (Å²) in [5.74, 6) is 0.315. The van der Waals surface area contributed by atoms with Gasteiger partial charge in [-0.1, -0.05) is 43.3 Å². The minimum absolute atomic E-state index is 0.315. The predicted molar refractivity (Wildman–Crippen MR) is 90.5 cm³/mol. The van der Waals surface area contributed by atoms with E-state index in [1.54, 1.807) is 0 Å². The molecule has 0 fully saturated rings. The van der Waals surface area contributed by atoms with Crippen LogP contribution in [0, 0.1) is 20.8 Å². The first-order valence-electron chi connectivity index (χ1n) is 7.65. The summed E-state index contributed by atoms with van der Waals surface area (Å²) in [6.07, 6.45) is 3.15. The maximum absolute atomic E-state index is 6.20. The Bertz CT molecular complexity index is 723. The minimum Gasteiger partial charge on any atom is -0.402 e. The van der Waals surface area contributed by atoms with Crippen molar-refractivity contribution in [1.29, 1.82) is 0 Å². The van der Waals surface area contributed by atoms with Crippen LogP contribution in [0.4, 0.5) is 0 Å². The quantitative estimate of drug-likeness (QED) is 0.797. The van der Waals surface area contributed by atoms with Gasteiger partial charge in [-0.3, -0.25) is 0 Å². The molecule has 2 aromatic carbocycles. The van der Waals surface area contributed by atoms with Gasteiger partial charge < -0.3 is 5.73 Å². The summed E-state index contributed by atoms with van der Waals surface area (Å²) in [7, 11) is 0. The molecule has 3 rings (SSSR count). The number of nitrogens with two attached hydrogens (primary N) is 1. The molecular weight excluding hydrogens is 254 g/mol. The van der Waals surface area contributed by atoms with Gasteiger partial charge in [0, 0.05) is 11.6 Å². The van der Waals surface area contributed by atoms with Gasteiger partial charge in [0.15, 0.2) is 0 Å². The number of fused-ring (bicyclic) bond motifs is 1. The van der Waals surface area contributed by atoms with E-state index in [2.05, 4.69) is 64.1 Å². The highest BCUT2D eigenvalue weighted by atomic mass is 14.6. The summed E-state index contributed by atoms with van der Waals surface area (Å²) in [4.78, 5) is 0. The van der Waals surface area contributed by atoms with Gasteiger partial charge in [-0.2, -0.15) is 0 Å². The third-order valence-corrected chi connectivity index (χ3v) is 5.03. The van der Waals surface area contributed by atoms with Crippen LogP contribution in [0.2, 0.25) is 0 Å². The zero-order chi connectivity index (χ0) is 15.1. The smallest absolute Gasteiger partial charge is 0.0210 e. The first-order valence-corrected chi connectivity index (χ1v) is 7.65. The molecule has 0 spiro atoms. The van der Waals surface area contributed by atoms with Crippen LogP contribution in [0.1, 0.15) is 40.7 Å². The highest BCUT2D eigenvalue weighted by Crippen LogP contribution is 2.41. The van der Waals surface area contributed by atoms with Crippen LogP contribution in [0.5, 0.6) is 0 Å². The highest BCUT2D eigenvalue weighted by Gasteiger charge is 2.25. The Morgan fingerprint density at radius 2 is 1.62 bits per heavy atom. The van der Waals surface area contributed by atoms with E-state index in [1.165, 1.54) is 38.9 Å². The van der Waals surface area contributed by atoms with Crippen LogP contribution >= 0.6 is 0 Å². The van der Waals surface area contributed by atoms with Crippen molar-refractivity contribution in [2.75, 3.05) is 0 Å². The lowest BCUT2D eigenvalue weighted by molar-refractivity contribution is 0.814. The predicted octanol–water partition coefficient (Wildman–Crippen LogP) is 4.78. The fourth-order valence-corrected chi connectivity index (χ4v) is 3.71. The van der Waals surface area contributed by atoms with E-state index in [4.69, 9.17) is 5.73 Å².